The van der Waals surface area contributed by atoms with Gasteiger partial charge in [0, 0.05) is 12.7 Å². The van der Waals surface area contributed by atoms with Gasteiger partial charge in [-0.15, -0.1) is 11.3 Å². The van der Waals surface area contributed by atoms with Gasteiger partial charge in [-0.05, 0) is 6.07 Å². The van der Waals surface area contributed by atoms with E-state index in [0.29, 0.717) is 6.61 Å². The molecule has 0 aromatic carbocycles. The summed E-state index contributed by atoms with van der Waals surface area (Å²) in [5.74, 6) is 0. The molecule has 2 aromatic heterocycles. The van der Waals surface area contributed by atoms with E-state index in [4.69, 9.17) is 4.74 Å². The fourth-order valence-electron chi connectivity index (χ4n) is 1.67. The minimum Gasteiger partial charge on any atom is -0.378 e. The maximum Gasteiger partial charge on any atom is 0.113 e. The number of aromatic nitrogens is 2. The Balaban J connectivity index is 1.96. The highest BCUT2D eigenvalue weighted by Crippen LogP contribution is 2.26. The highest BCUT2D eigenvalue weighted by atomic mass is 32.1. The molecule has 3 rings (SSSR count). The first-order valence-corrected chi connectivity index (χ1v) is 5.77. The predicted octanol–water partition coefficient (Wildman–Crippen LogP) is 1.35. The number of nitrogens with zero attached hydrogens (tertiary/aromatic N) is 2. The van der Waals surface area contributed by atoms with Crippen molar-refractivity contribution >= 4 is 21.6 Å². The van der Waals surface area contributed by atoms with Crippen LogP contribution in [0.2, 0.25) is 0 Å². The van der Waals surface area contributed by atoms with Crippen molar-refractivity contribution in [1.82, 2.24) is 15.3 Å². The lowest BCUT2D eigenvalue weighted by Crippen LogP contribution is -2.34. The molecular formula is C10H11N3OS. The lowest BCUT2D eigenvalue weighted by Gasteiger charge is -2.21. The maximum absolute atomic E-state index is 5.42. The van der Waals surface area contributed by atoms with E-state index in [9.17, 15) is 0 Å². The third-order valence-corrected chi connectivity index (χ3v) is 3.58. The van der Waals surface area contributed by atoms with Crippen LogP contribution in [0.15, 0.2) is 18.5 Å². The summed E-state index contributed by atoms with van der Waals surface area (Å²) < 4.78 is 6.61. The summed E-state index contributed by atoms with van der Waals surface area (Å²) in [5, 5.41) is 4.49. The molecule has 1 N–H and O–H groups in total. The zero-order valence-electron chi connectivity index (χ0n) is 8.14. The van der Waals surface area contributed by atoms with Crippen LogP contribution in [-0.2, 0) is 4.74 Å². The summed E-state index contributed by atoms with van der Waals surface area (Å²) in [5.41, 5.74) is 0.977. The van der Waals surface area contributed by atoms with Crippen LogP contribution in [0.25, 0.3) is 10.2 Å². The molecule has 1 aliphatic rings. The van der Waals surface area contributed by atoms with Gasteiger partial charge >= 0.3 is 0 Å². The lowest BCUT2D eigenvalue weighted by atomic mass is 10.3. The second kappa shape index (κ2) is 3.84. The summed E-state index contributed by atoms with van der Waals surface area (Å²) in [7, 11) is 0. The Morgan fingerprint density at radius 1 is 1.53 bits per heavy atom. The molecule has 0 spiro atoms. The molecule has 4 nitrogen and oxygen atoms in total. The maximum atomic E-state index is 5.42. The molecule has 15 heavy (non-hydrogen) atoms. The number of fused-ring (bicyclic) bond motifs is 1. The Morgan fingerprint density at radius 2 is 2.53 bits per heavy atom. The van der Waals surface area contributed by atoms with Crippen LogP contribution >= 0.6 is 11.3 Å². The molecular weight excluding hydrogens is 210 g/mol. The molecule has 1 fully saturated rings. The topological polar surface area (TPSA) is 47.0 Å². The standard InChI is InChI=1S/C10H11N3OS/c1-2-11-5-7-9(1)15-10(13-7)8-6-14-4-3-12-8/h1-2,5,8,12H,3-4,6H2. The Bertz CT molecular complexity index is 431. The molecule has 1 atom stereocenters. The summed E-state index contributed by atoms with van der Waals surface area (Å²) in [6.07, 6.45) is 3.61. The van der Waals surface area contributed by atoms with Crippen molar-refractivity contribution in [3.05, 3.63) is 23.5 Å². The Hall–Kier alpha value is -1.04. The number of hydrogen-bond acceptors (Lipinski definition) is 5. The van der Waals surface area contributed by atoms with Crippen LogP contribution in [0.1, 0.15) is 11.0 Å². The van der Waals surface area contributed by atoms with Crippen molar-refractivity contribution in [1.29, 1.82) is 0 Å². The van der Waals surface area contributed by atoms with Gasteiger partial charge < -0.3 is 10.1 Å². The number of pyridine rings is 1. The molecule has 5 heteroatoms. The fraction of sp³-hybridized carbons (Fsp3) is 0.400. The average molecular weight is 221 g/mol. The first-order chi connectivity index (χ1) is 7.43. The molecule has 0 aliphatic carbocycles. The molecule has 0 saturated carbocycles. The molecule has 2 aromatic rings. The van der Waals surface area contributed by atoms with E-state index in [1.54, 1.807) is 23.7 Å². The summed E-state index contributed by atoms with van der Waals surface area (Å²) >= 11 is 1.71. The summed E-state index contributed by atoms with van der Waals surface area (Å²) in [4.78, 5) is 8.61. The Kier molecular flexibility index (Phi) is 2.36. The van der Waals surface area contributed by atoms with Crippen LogP contribution < -0.4 is 5.32 Å². The zero-order chi connectivity index (χ0) is 10.1. The Labute approximate surface area is 91.3 Å². The van der Waals surface area contributed by atoms with E-state index >= 15 is 0 Å². The van der Waals surface area contributed by atoms with Gasteiger partial charge in [-0.3, -0.25) is 4.98 Å². The molecule has 1 saturated heterocycles. The average Bonchev–Trinajstić information content (AvgIpc) is 2.74. The highest BCUT2D eigenvalue weighted by molar-refractivity contribution is 7.18. The van der Waals surface area contributed by atoms with Gasteiger partial charge in [0.25, 0.3) is 0 Å². The van der Waals surface area contributed by atoms with E-state index < -0.39 is 0 Å². The minimum atomic E-state index is 0.246. The van der Waals surface area contributed by atoms with Gasteiger partial charge in [0.1, 0.15) is 5.01 Å². The van der Waals surface area contributed by atoms with Crippen molar-refractivity contribution in [2.24, 2.45) is 0 Å². The third-order valence-electron chi connectivity index (χ3n) is 2.43. The zero-order valence-corrected chi connectivity index (χ0v) is 8.96. The van der Waals surface area contributed by atoms with Crippen molar-refractivity contribution in [3.63, 3.8) is 0 Å². The molecule has 3 heterocycles. The van der Waals surface area contributed by atoms with Gasteiger partial charge in [-0.2, -0.15) is 0 Å². The number of nitrogens with one attached hydrogen (secondary N) is 1. The molecule has 78 valence electrons. The minimum absolute atomic E-state index is 0.246. The second-order valence-corrected chi connectivity index (χ2v) is 4.54. The van der Waals surface area contributed by atoms with Crippen molar-refractivity contribution in [3.8, 4) is 0 Å². The summed E-state index contributed by atoms with van der Waals surface area (Å²) in [6.45, 7) is 2.41. The van der Waals surface area contributed by atoms with E-state index in [2.05, 4.69) is 15.3 Å². The first-order valence-electron chi connectivity index (χ1n) is 4.95. The van der Waals surface area contributed by atoms with Crippen LogP contribution in [0.5, 0.6) is 0 Å². The van der Waals surface area contributed by atoms with E-state index in [-0.39, 0.29) is 6.04 Å². The van der Waals surface area contributed by atoms with E-state index in [1.165, 1.54) is 4.70 Å². The summed E-state index contributed by atoms with van der Waals surface area (Å²) in [6, 6.07) is 2.25. The van der Waals surface area contributed by atoms with Gasteiger partial charge in [0.15, 0.2) is 0 Å². The van der Waals surface area contributed by atoms with Gasteiger partial charge in [-0.25, -0.2) is 4.98 Å². The number of thiazole rings is 1. The highest BCUT2D eigenvalue weighted by Gasteiger charge is 2.18. The van der Waals surface area contributed by atoms with Crippen molar-refractivity contribution in [2.45, 2.75) is 6.04 Å². The number of morpholine rings is 1. The van der Waals surface area contributed by atoms with Crippen molar-refractivity contribution in [2.75, 3.05) is 19.8 Å². The van der Waals surface area contributed by atoms with E-state index in [1.807, 2.05) is 6.07 Å². The second-order valence-electron chi connectivity index (χ2n) is 3.48. The molecule has 0 amide bonds. The number of ether oxygens (including phenoxy) is 1. The van der Waals surface area contributed by atoms with Gasteiger partial charge in [0.05, 0.1) is 35.7 Å². The predicted molar refractivity (Wildman–Crippen MR) is 59.0 cm³/mol. The quantitative estimate of drug-likeness (QED) is 0.789. The van der Waals surface area contributed by atoms with Crippen LogP contribution in [-0.4, -0.2) is 29.7 Å². The molecule has 0 bridgehead atoms. The normalized spacial score (nSPS) is 22.0. The smallest absolute Gasteiger partial charge is 0.113 e. The monoisotopic (exact) mass is 221 g/mol. The first kappa shape index (κ1) is 9.21. The van der Waals surface area contributed by atoms with Crippen LogP contribution in [0.4, 0.5) is 0 Å². The van der Waals surface area contributed by atoms with Gasteiger partial charge in [0.2, 0.25) is 0 Å². The SMILES string of the molecule is c1cc2sc(C3COCCN3)nc2cn1. The lowest BCUT2D eigenvalue weighted by molar-refractivity contribution is 0.0768. The molecule has 1 unspecified atom stereocenters. The number of rotatable bonds is 1. The van der Waals surface area contributed by atoms with Crippen molar-refractivity contribution < 1.29 is 4.74 Å². The Morgan fingerprint density at radius 3 is 3.33 bits per heavy atom. The molecule has 0 radical (unpaired) electrons. The van der Waals surface area contributed by atoms with Crippen LogP contribution in [0, 0.1) is 0 Å². The van der Waals surface area contributed by atoms with Crippen LogP contribution in [0.3, 0.4) is 0 Å². The van der Waals surface area contributed by atoms with Gasteiger partial charge in [-0.1, -0.05) is 0 Å². The number of hydrogen-bond donors (Lipinski definition) is 1. The molecule has 1 aliphatic heterocycles. The third kappa shape index (κ3) is 1.73. The fourth-order valence-corrected chi connectivity index (χ4v) is 2.67. The van der Waals surface area contributed by atoms with E-state index in [0.717, 1.165) is 23.7 Å². The largest absolute Gasteiger partial charge is 0.378 e.